The van der Waals surface area contributed by atoms with Gasteiger partial charge in [0.25, 0.3) is 0 Å². The highest BCUT2D eigenvalue weighted by molar-refractivity contribution is 6.18. The Labute approximate surface area is 163 Å². The monoisotopic (exact) mass is 389 g/mol. The quantitative estimate of drug-likeness (QED) is 0.397. The van der Waals surface area contributed by atoms with Crippen LogP contribution in [0.3, 0.4) is 0 Å². The molecule has 4 heteroatoms. The fourth-order valence-corrected chi connectivity index (χ4v) is 3.59. The Morgan fingerprint density at radius 3 is 1.04 bits per heavy atom. The van der Waals surface area contributed by atoms with Gasteiger partial charge in [0.2, 0.25) is 0 Å². The first-order valence-corrected chi connectivity index (χ1v) is 9.62. The molecule has 3 aromatic carbocycles. The summed E-state index contributed by atoms with van der Waals surface area (Å²) in [4.78, 5) is 2.20. The molecule has 0 saturated carbocycles. The first-order chi connectivity index (χ1) is 12.3. The second kappa shape index (κ2) is 8.62. The molecule has 0 aliphatic heterocycles. The van der Waals surface area contributed by atoms with Crippen LogP contribution in [0.1, 0.15) is 16.7 Å². The third-order valence-electron chi connectivity index (χ3n) is 4.13. The number of para-hydroxylation sites is 3. The molecular weight excluding hydrogens is 373 g/mol. The summed E-state index contributed by atoms with van der Waals surface area (Å²) < 4.78 is 0. The zero-order chi connectivity index (χ0) is 17.6. The molecule has 0 heterocycles. The average molecular weight is 391 g/mol. The molecule has 0 fully saturated rings. The van der Waals surface area contributed by atoms with Crippen LogP contribution < -0.4 is 4.90 Å². The third-order valence-corrected chi connectivity index (χ3v) is 4.99. The topological polar surface area (TPSA) is 3.24 Å². The molecule has 0 atom stereocenters. The molecule has 0 bridgehead atoms. The highest BCUT2D eigenvalue weighted by atomic mass is 35.5. The molecular formula is C21H18Cl3N. The smallest absolute Gasteiger partial charge is 0.0505 e. The van der Waals surface area contributed by atoms with E-state index in [0.717, 1.165) is 33.8 Å². The number of rotatable bonds is 6. The maximum absolute atomic E-state index is 6.22. The highest BCUT2D eigenvalue weighted by Crippen LogP contribution is 2.41. The van der Waals surface area contributed by atoms with Crippen molar-refractivity contribution >= 4 is 51.9 Å². The lowest BCUT2D eigenvalue weighted by Gasteiger charge is -2.30. The largest absolute Gasteiger partial charge is 0.310 e. The van der Waals surface area contributed by atoms with Crippen molar-refractivity contribution in [2.45, 2.75) is 17.6 Å². The van der Waals surface area contributed by atoms with Gasteiger partial charge < -0.3 is 4.90 Å². The second-order valence-corrected chi connectivity index (χ2v) is 6.42. The Morgan fingerprint density at radius 1 is 0.480 bits per heavy atom. The number of alkyl halides is 3. The molecule has 0 aliphatic carbocycles. The van der Waals surface area contributed by atoms with Crippen LogP contribution in [0, 0.1) is 0 Å². The zero-order valence-electron chi connectivity index (χ0n) is 13.6. The molecule has 1 nitrogen and oxygen atoms in total. The predicted octanol–water partition coefficient (Wildman–Crippen LogP) is 7.37. The molecule has 0 saturated heterocycles. The Morgan fingerprint density at radius 2 is 0.760 bits per heavy atom. The van der Waals surface area contributed by atoms with Crippen LogP contribution >= 0.6 is 34.8 Å². The van der Waals surface area contributed by atoms with E-state index in [2.05, 4.69) is 23.1 Å². The van der Waals surface area contributed by atoms with Crippen molar-refractivity contribution in [3.8, 4) is 0 Å². The van der Waals surface area contributed by atoms with Gasteiger partial charge in [-0.25, -0.2) is 0 Å². The molecule has 0 radical (unpaired) electrons. The van der Waals surface area contributed by atoms with Crippen LogP contribution in [0.5, 0.6) is 0 Å². The summed E-state index contributed by atoms with van der Waals surface area (Å²) in [6.07, 6.45) is 0. The molecule has 0 N–H and O–H groups in total. The fourth-order valence-electron chi connectivity index (χ4n) is 2.92. The molecule has 0 spiro atoms. The van der Waals surface area contributed by atoms with Gasteiger partial charge in [0, 0.05) is 17.6 Å². The van der Waals surface area contributed by atoms with Gasteiger partial charge in [0.05, 0.1) is 17.1 Å². The van der Waals surface area contributed by atoms with Gasteiger partial charge in [-0.05, 0) is 34.9 Å². The molecule has 0 aliphatic rings. The lowest BCUT2D eigenvalue weighted by molar-refractivity contribution is 1.18. The van der Waals surface area contributed by atoms with Crippen molar-refractivity contribution in [3.63, 3.8) is 0 Å². The van der Waals surface area contributed by atoms with Gasteiger partial charge in [0.15, 0.2) is 0 Å². The zero-order valence-corrected chi connectivity index (χ0v) is 15.9. The minimum Gasteiger partial charge on any atom is -0.310 e. The minimum absolute atomic E-state index is 0.429. The van der Waals surface area contributed by atoms with Crippen LogP contribution in [0.15, 0.2) is 72.8 Å². The van der Waals surface area contributed by atoms with Crippen LogP contribution in [0.4, 0.5) is 17.1 Å². The van der Waals surface area contributed by atoms with Gasteiger partial charge in [-0.15, -0.1) is 34.8 Å². The summed E-state index contributed by atoms with van der Waals surface area (Å²) in [5.74, 6) is 1.29. The standard InChI is InChI=1S/C21H18Cl3N/c22-13-16-7-1-4-10-19(16)25(20-11-5-2-8-17(20)14-23)21-12-6-3-9-18(21)15-24/h1-12H,13-15H2. The second-order valence-electron chi connectivity index (χ2n) is 5.62. The minimum atomic E-state index is 0.429. The van der Waals surface area contributed by atoms with E-state index in [9.17, 15) is 0 Å². The first kappa shape index (κ1) is 18.1. The molecule has 0 amide bonds. The number of hydrogen-bond donors (Lipinski definition) is 0. The molecule has 0 unspecified atom stereocenters. The molecule has 0 aromatic heterocycles. The van der Waals surface area contributed by atoms with E-state index in [1.54, 1.807) is 0 Å². The van der Waals surface area contributed by atoms with E-state index in [4.69, 9.17) is 34.8 Å². The average Bonchev–Trinajstić information content (AvgIpc) is 2.69. The van der Waals surface area contributed by atoms with E-state index in [0.29, 0.717) is 17.6 Å². The van der Waals surface area contributed by atoms with Crippen molar-refractivity contribution in [1.29, 1.82) is 0 Å². The van der Waals surface area contributed by atoms with E-state index >= 15 is 0 Å². The number of halogens is 3. The predicted molar refractivity (Wildman–Crippen MR) is 110 cm³/mol. The number of nitrogens with zero attached hydrogens (tertiary/aromatic N) is 1. The van der Waals surface area contributed by atoms with Crippen LogP contribution in [-0.4, -0.2) is 0 Å². The summed E-state index contributed by atoms with van der Waals surface area (Å²) in [5, 5.41) is 0. The lowest BCUT2D eigenvalue weighted by Crippen LogP contribution is -2.15. The Kier molecular flexibility index (Phi) is 6.25. The summed E-state index contributed by atoms with van der Waals surface area (Å²) in [7, 11) is 0. The van der Waals surface area contributed by atoms with Gasteiger partial charge >= 0.3 is 0 Å². The van der Waals surface area contributed by atoms with Gasteiger partial charge in [-0.1, -0.05) is 54.6 Å². The van der Waals surface area contributed by atoms with Crippen molar-refractivity contribution in [2.75, 3.05) is 4.90 Å². The lowest BCUT2D eigenvalue weighted by atomic mass is 10.1. The molecule has 3 aromatic rings. The first-order valence-electron chi connectivity index (χ1n) is 8.02. The third kappa shape index (κ3) is 3.79. The Bertz CT molecular complexity index is 735. The Balaban J connectivity index is 2.29. The summed E-state index contributed by atoms with van der Waals surface area (Å²) in [5.41, 5.74) is 6.27. The van der Waals surface area contributed by atoms with Crippen LogP contribution in [-0.2, 0) is 17.6 Å². The number of anilines is 3. The van der Waals surface area contributed by atoms with E-state index in [-0.39, 0.29) is 0 Å². The van der Waals surface area contributed by atoms with Crippen molar-refractivity contribution in [2.24, 2.45) is 0 Å². The SMILES string of the molecule is ClCc1ccccc1N(c1ccccc1CCl)c1ccccc1CCl. The normalized spacial score (nSPS) is 10.7. The molecule has 3 rings (SSSR count). The van der Waals surface area contributed by atoms with E-state index in [1.807, 2.05) is 54.6 Å². The van der Waals surface area contributed by atoms with Crippen LogP contribution in [0.2, 0.25) is 0 Å². The summed E-state index contributed by atoms with van der Waals surface area (Å²) >= 11 is 18.7. The molecule has 25 heavy (non-hydrogen) atoms. The highest BCUT2D eigenvalue weighted by Gasteiger charge is 2.19. The van der Waals surface area contributed by atoms with Gasteiger partial charge in [-0.3, -0.25) is 0 Å². The fraction of sp³-hybridized carbons (Fsp3) is 0.143. The van der Waals surface area contributed by atoms with Crippen molar-refractivity contribution in [3.05, 3.63) is 89.5 Å². The van der Waals surface area contributed by atoms with Crippen molar-refractivity contribution < 1.29 is 0 Å². The van der Waals surface area contributed by atoms with E-state index in [1.165, 1.54) is 0 Å². The maximum Gasteiger partial charge on any atom is 0.0505 e. The number of benzene rings is 3. The molecule has 128 valence electrons. The van der Waals surface area contributed by atoms with E-state index < -0.39 is 0 Å². The summed E-state index contributed by atoms with van der Waals surface area (Å²) in [6.45, 7) is 0. The summed E-state index contributed by atoms with van der Waals surface area (Å²) in [6, 6.07) is 24.4. The maximum atomic E-state index is 6.22. The van der Waals surface area contributed by atoms with Crippen molar-refractivity contribution in [1.82, 2.24) is 0 Å². The van der Waals surface area contributed by atoms with Crippen LogP contribution in [0.25, 0.3) is 0 Å². The Hall–Kier alpha value is -1.67. The van der Waals surface area contributed by atoms with Gasteiger partial charge in [0.1, 0.15) is 0 Å². The number of hydrogen-bond acceptors (Lipinski definition) is 1. The van der Waals surface area contributed by atoms with Gasteiger partial charge in [-0.2, -0.15) is 0 Å².